The highest BCUT2D eigenvalue weighted by Gasteiger charge is 2.27. The van der Waals surface area contributed by atoms with E-state index >= 15 is 0 Å². The van der Waals surface area contributed by atoms with Gasteiger partial charge < -0.3 is 9.47 Å². The highest BCUT2D eigenvalue weighted by molar-refractivity contribution is 5.96. The Kier molecular flexibility index (Phi) is 6.24. The van der Waals surface area contributed by atoms with Crippen LogP contribution < -0.4 is 0 Å². The molecule has 1 atom stereocenters. The molecule has 1 aliphatic rings. The van der Waals surface area contributed by atoms with Gasteiger partial charge in [0.25, 0.3) is 5.91 Å². The van der Waals surface area contributed by atoms with Gasteiger partial charge in [0.2, 0.25) is 0 Å². The summed E-state index contributed by atoms with van der Waals surface area (Å²) in [5, 5.41) is 9.50. The van der Waals surface area contributed by atoms with E-state index in [1.54, 1.807) is 19.0 Å². The van der Waals surface area contributed by atoms with Gasteiger partial charge in [-0.05, 0) is 91.9 Å². The molecule has 0 aliphatic carbocycles. The van der Waals surface area contributed by atoms with Crippen molar-refractivity contribution in [3.63, 3.8) is 0 Å². The summed E-state index contributed by atoms with van der Waals surface area (Å²) in [6, 6.07) is 19.4. The quantitative estimate of drug-likeness (QED) is 0.329. The number of benzene rings is 2. The van der Waals surface area contributed by atoms with Crippen molar-refractivity contribution >= 4 is 27.8 Å². The summed E-state index contributed by atoms with van der Waals surface area (Å²) in [5.74, 6) is 0.579. The van der Waals surface area contributed by atoms with Crippen LogP contribution in [0, 0.1) is 0 Å². The number of carbonyl (C=O) groups excluding carboxylic acids is 1. The van der Waals surface area contributed by atoms with E-state index < -0.39 is 0 Å². The lowest BCUT2D eigenvalue weighted by Gasteiger charge is -2.36. The van der Waals surface area contributed by atoms with Gasteiger partial charge >= 0.3 is 0 Å². The van der Waals surface area contributed by atoms with Crippen molar-refractivity contribution in [1.29, 1.82) is 0 Å². The van der Waals surface area contributed by atoms with Crippen molar-refractivity contribution < 1.29 is 4.79 Å². The van der Waals surface area contributed by atoms with E-state index in [0.29, 0.717) is 12.0 Å². The molecule has 38 heavy (non-hydrogen) atoms. The Balaban J connectivity index is 1.20. The number of nitrogens with zero attached hydrogens (tertiary/aromatic N) is 5. The average Bonchev–Trinajstić information content (AvgIpc) is 3.56. The number of aromatic amines is 1. The Labute approximate surface area is 223 Å². The molecular weight excluding hydrogens is 472 g/mol. The number of fused-ring (bicyclic) bond motifs is 2. The number of aryl methyl sites for hydroxylation is 1. The molecule has 0 bridgehead atoms. The fourth-order valence-corrected chi connectivity index (χ4v) is 5.96. The second-order valence-corrected chi connectivity index (χ2v) is 10.7. The van der Waals surface area contributed by atoms with Crippen LogP contribution in [0.2, 0.25) is 0 Å². The summed E-state index contributed by atoms with van der Waals surface area (Å²) in [6.07, 6.45) is 6.01. The van der Waals surface area contributed by atoms with E-state index in [9.17, 15) is 4.79 Å². The first kappa shape index (κ1) is 24.4. The van der Waals surface area contributed by atoms with Crippen LogP contribution in [-0.2, 0) is 7.05 Å². The van der Waals surface area contributed by atoms with Gasteiger partial charge in [-0.3, -0.25) is 14.8 Å². The van der Waals surface area contributed by atoms with Crippen LogP contribution >= 0.6 is 0 Å². The summed E-state index contributed by atoms with van der Waals surface area (Å²) in [5.41, 5.74) is 7.80. The van der Waals surface area contributed by atoms with Crippen LogP contribution in [0.25, 0.3) is 33.1 Å². The molecular formula is C31H34N6O. The molecule has 1 amide bonds. The maximum atomic E-state index is 12.2. The van der Waals surface area contributed by atoms with Gasteiger partial charge in [-0.1, -0.05) is 18.2 Å². The number of pyridine rings is 1. The summed E-state index contributed by atoms with van der Waals surface area (Å²) in [4.78, 5) is 21.2. The zero-order valence-electron chi connectivity index (χ0n) is 22.5. The molecule has 4 heterocycles. The predicted molar refractivity (Wildman–Crippen MR) is 152 cm³/mol. The van der Waals surface area contributed by atoms with E-state index in [4.69, 9.17) is 4.98 Å². The van der Waals surface area contributed by atoms with Gasteiger partial charge in [0, 0.05) is 55.4 Å². The zero-order chi connectivity index (χ0) is 26.4. The number of carbonyl (C=O) groups is 1. The number of rotatable bonds is 5. The first-order chi connectivity index (χ1) is 18.4. The van der Waals surface area contributed by atoms with Crippen molar-refractivity contribution in [3.8, 4) is 11.1 Å². The topological polar surface area (TPSA) is 70.0 Å². The van der Waals surface area contributed by atoms with E-state index in [1.807, 2.05) is 24.5 Å². The number of H-pyrrole nitrogens is 1. The molecule has 3 aromatic heterocycles. The fourth-order valence-electron chi connectivity index (χ4n) is 5.96. The molecule has 1 N–H and O–H groups in total. The van der Waals surface area contributed by atoms with Crippen LogP contribution in [-0.4, -0.2) is 62.6 Å². The number of aromatic nitrogens is 4. The molecule has 1 aliphatic heterocycles. The Morgan fingerprint density at radius 1 is 1.05 bits per heavy atom. The van der Waals surface area contributed by atoms with Gasteiger partial charge in [-0.25, -0.2) is 4.98 Å². The number of hydrogen-bond acceptors (Lipinski definition) is 4. The molecule has 0 unspecified atom stereocenters. The minimum atomic E-state index is 0.0508. The van der Waals surface area contributed by atoms with E-state index in [-0.39, 0.29) is 5.91 Å². The van der Waals surface area contributed by atoms with Crippen molar-refractivity contribution in [3.05, 3.63) is 83.8 Å². The summed E-state index contributed by atoms with van der Waals surface area (Å²) in [6.45, 7) is 4.40. The van der Waals surface area contributed by atoms with Gasteiger partial charge in [-0.15, -0.1) is 0 Å². The molecule has 0 spiro atoms. The van der Waals surface area contributed by atoms with Crippen molar-refractivity contribution in [2.24, 2.45) is 7.05 Å². The maximum Gasteiger partial charge on any atom is 0.253 e. The molecule has 7 heteroatoms. The Bertz CT molecular complexity index is 1610. The van der Waals surface area contributed by atoms with Gasteiger partial charge in [0.1, 0.15) is 5.65 Å². The highest BCUT2D eigenvalue weighted by atomic mass is 16.2. The zero-order valence-corrected chi connectivity index (χ0v) is 22.5. The molecule has 0 radical (unpaired) electrons. The number of nitrogens with one attached hydrogen (secondary N) is 1. The maximum absolute atomic E-state index is 12.2. The van der Waals surface area contributed by atoms with E-state index in [0.717, 1.165) is 48.0 Å². The Morgan fingerprint density at radius 3 is 2.55 bits per heavy atom. The van der Waals surface area contributed by atoms with E-state index in [1.165, 1.54) is 27.8 Å². The van der Waals surface area contributed by atoms with Crippen molar-refractivity contribution in [1.82, 2.24) is 29.5 Å². The number of piperidine rings is 1. The molecule has 7 nitrogen and oxygen atoms in total. The number of amides is 1. The molecule has 1 fully saturated rings. The molecule has 194 valence electrons. The van der Waals surface area contributed by atoms with Crippen molar-refractivity contribution in [2.45, 2.75) is 31.7 Å². The SMILES string of the molecule is C[C@@H](c1cc2c(-c3ccc4[nH]ncc4c3)ccnc2n1C)N1CCC(c2ccc(C(=O)N(C)C)cc2)CC1. The number of likely N-dealkylation sites (tertiary alicyclic amines) is 1. The second kappa shape index (κ2) is 9.72. The van der Waals surface area contributed by atoms with E-state index in [2.05, 4.69) is 76.1 Å². The first-order valence-electron chi connectivity index (χ1n) is 13.3. The molecule has 2 aromatic carbocycles. The van der Waals surface area contributed by atoms with Crippen LogP contribution in [0.5, 0.6) is 0 Å². The molecule has 6 rings (SSSR count). The summed E-state index contributed by atoms with van der Waals surface area (Å²) in [7, 11) is 5.72. The first-order valence-corrected chi connectivity index (χ1v) is 13.3. The lowest BCUT2D eigenvalue weighted by Crippen LogP contribution is -2.35. The molecule has 5 aromatic rings. The third-order valence-corrected chi connectivity index (χ3v) is 8.26. The second-order valence-electron chi connectivity index (χ2n) is 10.7. The minimum absolute atomic E-state index is 0.0508. The third kappa shape index (κ3) is 4.27. The van der Waals surface area contributed by atoms with Crippen LogP contribution in [0.1, 0.15) is 53.3 Å². The monoisotopic (exact) mass is 506 g/mol. The van der Waals surface area contributed by atoms with Gasteiger partial charge in [-0.2, -0.15) is 5.10 Å². The van der Waals surface area contributed by atoms with Gasteiger partial charge in [0.05, 0.1) is 11.7 Å². The Morgan fingerprint density at radius 2 is 1.82 bits per heavy atom. The van der Waals surface area contributed by atoms with Gasteiger partial charge in [0.15, 0.2) is 0 Å². The largest absolute Gasteiger partial charge is 0.345 e. The lowest BCUT2D eigenvalue weighted by molar-refractivity contribution is 0.0827. The standard InChI is InChI=1S/C31H34N6O/c1-20(37-15-12-22(13-16-37)21-5-7-23(8-6-21)31(38)35(2)3)29-18-27-26(11-14-32-30(27)36(29)4)24-9-10-28-25(17-24)19-33-34-28/h5-11,14,17-20,22H,12-13,15-16H2,1-4H3,(H,33,34)/t20-/m0/s1. The molecule has 1 saturated heterocycles. The highest BCUT2D eigenvalue weighted by Crippen LogP contribution is 2.36. The van der Waals surface area contributed by atoms with Crippen LogP contribution in [0.4, 0.5) is 0 Å². The summed E-state index contributed by atoms with van der Waals surface area (Å²) >= 11 is 0. The summed E-state index contributed by atoms with van der Waals surface area (Å²) < 4.78 is 2.26. The fraction of sp³-hybridized carbons (Fsp3) is 0.323. The van der Waals surface area contributed by atoms with Crippen LogP contribution in [0.3, 0.4) is 0 Å². The predicted octanol–water partition coefficient (Wildman–Crippen LogP) is 5.76. The van der Waals surface area contributed by atoms with Crippen molar-refractivity contribution in [2.75, 3.05) is 27.2 Å². The number of hydrogen-bond donors (Lipinski definition) is 1. The minimum Gasteiger partial charge on any atom is -0.345 e. The third-order valence-electron chi connectivity index (χ3n) is 8.26. The Hall–Kier alpha value is -3.97. The molecule has 0 saturated carbocycles. The van der Waals surface area contributed by atoms with Crippen LogP contribution in [0.15, 0.2) is 67.0 Å². The smallest absolute Gasteiger partial charge is 0.253 e. The normalized spacial score (nSPS) is 15.8. The average molecular weight is 507 g/mol. The lowest BCUT2D eigenvalue weighted by atomic mass is 9.88.